The quantitative estimate of drug-likeness (QED) is 0.825. The minimum atomic E-state index is -0.272. The van der Waals surface area contributed by atoms with Crippen molar-refractivity contribution in [1.82, 2.24) is 0 Å². The Morgan fingerprint density at radius 1 is 1.62 bits per heavy atom. The SMILES string of the molecule is NCC1COC(c2ccc(Cl)s2)O1. The Morgan fingerprint density at radius 3 is 3.00 bits per heavy atom. The fourth-order valence-corrected chi connectivity index (χ4v) is 2.22. The molecule has 0 aliphatic carbocycles. The molecule has 2 atom stereocenters. The number of nitrogens with two attached hydrogens (primary N) is 1. The molecule has 13 heavy (non-hydrogen) atoms. The lowest BCUT2D eigenvalue weighted by Crippen LogP contribution is -2.21. The van der Waals surface area contributed by atoms with E-state index in [1.807, 2.05) is 12.1 Å². The Hall–Kier alpha value is -0.130. The first-order valence-corrected chi connectivity index (χ1v) is 5.21. The molecule has 1 aromatic rings. The van der Waals surface area contributed by atoms with Crippen molar-refractivity contribution in [3.05, 3.63) is 21.3 Å². The highest BCUT2D eigenvalue weighted by atomic mass is 35.5. The minimum Gasteiger partial charge on any atom is -0.345 e. The van der Waals surface area contributed by atoms with Crippen LogP contribution in [0.4, 0.5) is 0 Å². The smallest absolute Gasteiger partial charge is 0.193 e. The van der Waals surface area contributed by atoms with Crippen molar-refractivity contribution in [2.45, 2.75) is 12.4 Å². The zero-order valence-electron chi connectivity index (χ0n) is 6.90. The molecule has 3 nitrogen and oxygen atoms in total. The molecule has 1 aromatic heterocycles. The summed E-state index contributed by atoms with van der Waals surface area (Å²) in [5, 5.41) is 0. The van der Waals surface area contributed by atoms with E-state index in [0.29, 0.717) is 13.2 Å². The lowest BCUT2D eigenvalue weighted by molar-refractivity contribution is -0.0559. The third kappa shape index (κ3) is 2.03. The minimum absolute atomic E-state index is 0.0193. The molecular formula is C8H10ClNO2S. The monoisotopic (exact) mass is 219 g/mol. The summed E-state index contributed by atoms with van der Waals surface area (Å²) in [7, 11) is 0. The van der Waals surface area contributed by atoms with Crippen LogP contribution in [0.25, 0.3) is 0 Å². The predicted octanol–water partition coefficient (Wildman–Crippen LogP) is 1.77. The van der Waals surface area contributed by atoms with Gasteiger partial charge >= 0.3 is 0 Å². The molecule has 1 fully saturated rings. The van der Waals surface area contributed by atoms with Gasteiger partial charge in [-0.05, 0) is 12.1 Å². The molecule has 2 N–H and O–H groups in total. The maximum Gasteiger partial charge on any atom is 0.193 e. The highest BCUT2D eigenvalue weighted by molar-refractivity contribution is 7.16. The van der Waals surface area contributed by atoms with Gasteiger partial charge in [0.2, 0.25) is 0 Å². The number of ether oxygens (including phenoxy) is 2. The molecule has 1 aliphatic heterocycles. The van der Waals surface area contributed by atoms with Crippen molar-refractivity contribution in [2.75, 3.05) is 13.2 Å². The summed E-state index contributed by atoms with van der Waals surface area (Å²) in [4.78, 5) is 1.00. The molecule has 1 saturated heterocycles. The number of rotatable bonds is 2. The van der Waals surface area contributed by atoms with Crippen LogP contribution in [0.3, 0.4) is 0 Å². The molecule has 0 bridgehead atoms. The highest BCUT2D eigenvalue weighted by Gasteiger charge is 2.27. The Morgan fingerprint density at radius 2 is 2.46 bits per heavy atom. The van der Waals surface area contributed by atoms with E-state index in [9.17, 15) is 0 Å². The first-order chi connectivity index (χ1) is 6.29. The second kappa shape index (κ2) is 3.94. The van der Waals surface area contributed by atoms with Gasteiger partial charge in [-0.25, -0.2) is 0 Å². The standard InChI is InChI=1S/C8H10ClNO2S/c9-7-2-1-6(13-7)8-11-4-5(3-10)12-8/h1-2,5,8H,3-4,10H2. The fraction of sp³-hybridized carbons (Fsp3) is 0.500. The van der Waals surface area contributed by atoms with Gasteiger partial charge in [-0.1, -0.05) is 11.6 Å². The molecule has 0 spiro atoms. The Labute approximate surface area is 85.4 Å². The zero-order chi connectivity index (χ0) is 9.26. The third-order valence-electron chi connectivity index (χ3n) is 1.84. The molecule has 72 valence electrons. The number of thiophene rings is 1. The van der Waals surface area contributed by atoms with Gasteiger partial charge in [-0.15, -0.1) is 11.3 Å². The molecule has 2 heterocycles. The second-order valence-corrected chi connectivity index (χ2v) is 4.55. The van der Waals surface area contributed by atoms with Gasteiger partial charge in [0, 0.05) is 6.54 Å². The summed E-state index contributed by atoms with van der Waals surface area (Å²) < 4.78 is 11.7. The molecule has 5 heteroatoms. The number of hydrogen-bond acceptors (Lipinski definition) is 4. The Bertz CT molecular complexity index is 291. The average molecular weight is 220 g/mol. The number of hydrogen-bond donors (Lipinski definition) is 1. The van der Waals surface area contributed by atoms with Crippen molar-refractivity contribution >= 4 is 22.9 Å². The lowest BCUT2D eigenvalue weighted by atomic mass is 10.4. The first kappa shape index (κ1) is 9.43. The van der Waals surface area contributed by atoms with Crippen molar-refractivity contribution in [3.63, 3.8) is 0 Å². The number of halogens is 1. The highest BCUT2D eigenvalue weighted by Crippen LogP contribution is 2.33. The van der Waals surface area contributed by atoms with Crippen LogP contribution in [-0.2, 0) is 9.47 Å². The van der Waals surface area contributed by atoms with E-state index < -0.39 is 0 Å². The molecule has 0 aromatic carbocycles. The van der Waals surface area contributed by atoms with E-state index in [0.717, 1.165) is 9.21 Å². The van der Waals surface area contributed by atoms with Crippen molar-refractivity contribution in [2.24, 2.45) is 5.73 Å². The zero-order valence-corrected chi connectivity index (χ0v) is 8.48. The average Bonchev–Trinajstić information content (AvgIpc) is 2.71. The molecule has 1 aliphatic rings. The van der Waals surface area contributed by atoms with Crippen LogP contribution in [0.1, 0.15) is 11.2 Å². The van der Waals surface area contributed by atoms with Crippen molar-refractivity contribution in [3.8, 4) is 0 Å². The fourth-order valence-electron chi connectivity index (χ4n) is 1.18. The van der Waals surface area contributed by atoms with Gasteiger partial charge in [-0.2, -0.15) is 0 Å². The van der Waals surface area contributed by atoms with Crippen LogP contribution in [0.15, 0.2) is 12.1 Å². The van der Waals surface area contributed by atoms with E-state index in [2.05, 4.69) is 0 Å². The summed E-state index contributed by atoms with van der Waals surface area (Å²) >= 11 is 7.26. The molecular weight excluding hydrogens is 210 g/mol. The molecule has 0 amide bonds. The molecule has 2 unspecified atom stereocenters. The van der Waals surface area contributed by atoms with Gasteiger partial charge in [0.05, 0.1) is 21.9 Å². The van der Waals surface area contributed by atoms with Gasteiger partial charge in [0.15, 0.2) is 6.29 Å². The van der Waals surface area contributed by atoms with Gasteiger partial charge < -0.3 is 15.2 Å². The maximum atomic E-state index is 5.79. The van der Waals surface area contributed by atoms with Crippen LogP contribution in [0.5, 0.6) is 0 Å². The summed E-state index contributed by atoms with van der Waals surface area (Å²) in [6.45, 7) is 1.06. The van der Waals surface area contributed by atoms with E-state index in [-0.39, 0.29) is 12.4 Å². The molecule has 0 saturated carbocycles. The molecule has 0 radical (unpaired) electrons. The van der Waals surface area contributed by atoms with E-state index >= 15 is 0 Å². The van der Waals surface area contributed by atoms with Gasteiger partial charge in [0.25, 0.3) is 0 Å². The third-order valence-corrected chi connectivity index (χ3v) is 3.09. The Kier molecular flexibility index (Phi) is 2.86. The predicted molar refractivity (Wildman–Crippen MR) is 51.9 cm³/mol. The summed E-state index contributed by atoms with van der Waals surface area (Å²) in [6.07, 6.45) is -0.253. The van der Waals surface area contributed by atoms with Crippen molar-refractivity contribution < 1.29 is 9.47 Å². The van der Waals surface area contributed by atoms with E-state index in [1.54, 1.807) is 0 Å². The van der Waals surface area contributed by atoms with E-state index in [4.69, 9.17) is 26.8 Å². The normalized spacial score (nSPS) is 28.2. The van der Waals surface area contributed by atoms with Crippen LogP contribution in [-0.4, -0.2) is 19.3 Å². The van der Waals surface area contributed by atoms with Crippen LogP contribution in [0, 0.1) is 0 Å². The summed E-state index contributed by atoms with van der Waals surface area (Å²) in [5.74, 6) is 0. The maximum absolute atomic E-state index is 5.79. The van der Waals surface area contributed by atoms with Crippen molar-refractivity contribution in [1.29, 1.82) is 0 Å². The largest absolute Gasteiger partial charge is 0.345 e. The van der Waals surface area contributed by atoms with E-state index in [1.165, 1.54) is 11.3 Å². The van der Waals surface area contributed by atoms with Crippen LogP contribution in [0.2, 0.25) is 4.34 Å². The first-order valence-electron chi connectivity index (χ1n) is 4.02. The molecule has 2 rings (SSSR count). The summed E-state index contributed by atoms with van der Waals surface area (Å²) in [6, 6.07) is 3.75. The van der Waals surface area contributed by atoms with Gasteiger partial charge in [-0.3, -0.25) is 0 Å². The summed E-state index contributed by atoms with van der Waals surface area (Å²) in [5.41, 5.74) is 5.45. The Balaban J connectivity index is 2.03. The van der Waals surface area contributed by atoms with Crippen LogP contribution >= 0.6 is 22.9 Å². The van der Waals surface area contributed by atoms with Crippen LogP contribution < -0.4 is 5.73 Å². The van der Waals surface area contributed by atoms with Gasteiger partial charge in [0.1, 0.15) is 0 Å². The second-order valence-electron chi connectivity index (χ2n) is 2.80. The lowest BCUT2D eigenvalue weighted by Gasteiger charge is -2.07. The topological polar surface area (TPSA) is 44.5 Å².